The number of nitrogens with zero attached hydrogens (tertiary/aromatic N) is 4. The lowest BCUT2D eigenvalue weighted by atomic mass is 10.0. The molecule has 0 unspecified atom stereocenters. The van der Waals surface area contributed by atoms with Gasteiger partial charge in [0.25, 0.3) is 0 Å². The highest BCUT2D eigenvalue weighted by Gasteiger charge is 2.36. The molecule has 2 aromatic rings. The van der Waals surface area contributed by atoms with Crippen LogP contribution in [0.1, 0.15) is 11.6 Å². The summed E-state index contributed by atoms with van der Waals surface area (Å²) < 4.78 is 18.8. The van der Waals surface area contributed by atoms with Crippen molar-refractivity contribution in [1.29, 1.82) is 0 Å². The Bertz CT molecular complexity index is 651. The Labute approximate surface area is 134 Å². The summed E-state index contributed by atoms with van der Waals surface area (Å²) in [6.07, 6.45) is 2.44. The maximum atomic E-state index is 13.0. The molecule has 0 amide bonds. The fourth-order valence-electron chi connectivity index (χ4n) is 3.45. The lowest BCUT2D eigenvalue weighted by molar-refractivity contribution is -0.0548. The molecule has 23 heavy (non-hydrogen) atoms. The van der Waals surface area contributed by atoms with Crippen molar-refractivity contribution in [2.45, 2.75) is 12.1 Å². The van der Waals surface area contributed by atoms with Crippen LogP contribution in [0.25, 0.3) is 0 Å². The predicted octanol–water partition coefficient (Wildman–Crippen LogP) is 1.88. The highest BCUT2D eigenvalue weighted by atomic mass is 19.1. The van der Waals surface area contributed by atoms with Gasteiger partial charge in [0, 0.05) is 19.6 Å². The van der Waals surface area contributed by atoms with Crippen molar-refractivity contribution >= 4 is 5.95 Å². The summed E-state index contributed by atoms with van der Waals surface area (Å²) >= 11 is 0. The highest BCUT2D eigenvalue weighted by molar-refractivity contribution is 5.31. The molecule has 2 aliphatic rings. The molecule has 4 rings (SSSR count). The molecule has 1 aromatic heterocycles. The van der Waals surface area contributed by atoms with Crippen molar-refractivity contribution in [2.24, 2.45) is 0 Å². The van der Waals surface area contributed by atoms with E-state index in [2.05, 4.69) is 44.0 Å². The van der Waals surface area contributed by atoms with Gasteiger partial charge in [-0.2, -0.15) is 0 Å². The second-order valence-corrected chi connectivity index (χ2v) is 6.00. The zero-order valence-electron chi connectivity index (χ0n) is 12.8. The average Bonchev–Trinajstić information content (AvgIpc) is 2.62. The van der Waals surface area contributed by atoms with E-state index in [0.717, 1.165) is 26.2 Å². The van der Waals surface area contributed by atoms with Gasteiger partial charge in [-0.25, -0.2) is 14.4 Å². The van der Waals surface area contributed by atoms with Gasteiger partial charge in [0.15, 0.2) is 5.82 Å². The Morgan fingerprint density at radius 1 is 1.04 bits per heavy atom. The lowest BCUT2D eigenvalue weighted by Gasteiger charge is -2.48. The normalized spacial score (nSPS) is 25.2. The molecular weight excluding hydrogens is 295 g/mol. The molecule has 120 valence electrons. The van der Waals surface area contributed by atoms with Gasteiger partial charge in [-0.3, -0.25) is 4.90 Å². The van der Waals surface area contributed by atoms with E-state index in [1.54, 1.807) is 0 Å². The molecule has 2 saturated heterocycles. The van der Waals surface area contributed by atoms with E-state index in [9.17, 15) is 4.39 Å². The van der Waals surface area contributed by atoms with Gasteiger partial charge >= 0.3 is 0 Å². The van der Waals surface area contributed by atoms with Crippen LogP contribution in [0.15, 0.2) is 42.7 Å². The third-order valence-electron chi connectivity index (χ3n) is 4.59. The Morgan fingerprint density at radius 3 is 2.61 bits per heavy atom. The van der Waals surface area contributed by atoms with Crippen LogP contribution in [0.3, 0.4) is 0 Å². The Hall–Kier alpha value is -2.05. The van der Waals surface area contributed by atoms with Crippen molar-refractivity contribution < 1.29 is 9.13 Å². The van der Waals surface area contributed by atoms with E-state index in [-0.39, 0.29) is 0 Å². The molecule has 0 saturated carbocycles. The zero-order chi connectivity index (χ0) is 15.6. The van der Waals surface area contributed by atoms with Gasteiger partial charge < -0.3 is 9.64 Å². The third kappa shape index (κ3) is 2.92. The number of hydrogen-bond donors (Lipinski definition) is 0. The first-order chi connectivity index (χ1) is 11.3. The number of benzene rings is 1. The third-order valence-corrected chi connectivity index (χ3v) is 4.59. The Balaban J connectivity index is 1.51. The molecule has 3 heterocycles. The zero-order valence-corrected chi connectivity index (χ0v) is 12.8. The number of anilines is 1. The number of morpholine rings is 1. The van der Waals surface area contributed by atoms with Gasteiger partial charge in [-0.15, -0.1) is 0 Å². The summed E-state index contributed by atoms with van der Waals surface area (Å²) in [6, 6.07) is 11.1. The van der Waals surface area contributed by atoms with Crippen LogP contribution in [0.2, 0.25) is 0 Å². The minimum atomic E-state index is -0.405. The largest absolute Gasteiger partial charge is 0.378 e. The van der Waals surface area contributed by atoms with E-state index >= 15 is 0 Å². The van der Waals surface area contributed by atoms with Gasteiger partial charge in [-0.05, 0) is 5.56 Å². The molecule has 1 aromatic carbocycles. The number of hydrogen-bond acceptors (Lipinski definition) is 5. The second-order valence-electron chi connectivity index (χ2n) is 6.00. The summed E-state index contributed by atoms with van der Waals surface area (Å²) in [5.74, 6) is 0.186. The number of aromatic nitrogens is 2. The first-order valence-electron chi connectivity index (χ1n) is 7.92. The van der Waals surface area contributed by atoms with Crippen LogP contribution in [0.4, 0.5) is 10.3 Å². The monoisotopic (exact) mass is 314 g/mol. The Morgan fingerprint density at radius 2 is 1.83 bits per heavy atom. The number of halogens is 1. The number of piperazine rings is 1. The van der Waals surface area contributed by atoms with E-state index in [4.69, 9.17) is 4.74 Å². The van der Waals surface area contributed by atoms with Crippen LogP contribution < -0.4 is 4.90 Å². The smallest absolute Gasteiger partial charge is 0.225 e. The fourth-order valence-corrected chi connectivity index (χ4v) is 3.45. The predicted molar refractivity (Wildman–Crippen MR) is 84.7 cm³/mol. The van der Waals surface area contributed by atoms with Gasteiger partial charge in [0.2, 0.25) is 5.95 Å². The summed E-state index contributed by atoms with van der Waals surface area (Å²) in [5.41, 5.74) is 1.30. The maximum absolute atomic E-state index is 13.0. The van der Waals surface area contributed by atoms with Crippen molar-refractivity contribution in [2.75, 3.05) is 37.7 Å². The molecule has 2 atom stereocenters. The molecule has 2 aliphatic heterocycles. The molecular formula is C17H19FN4O. The molecule has 0 radical (unpaired) electrons. The minimum Gasteiger partial charge on any atom is -0.378 e. The number of ether oxygens (including phenoxy) is 1. The first-order valence-corrected chi connectivity index (χ1v) is 7.92. The standard InChI is InChI=1S/C17H19FN4O/c18-14-8-19-17(20-9-14)21-6-7-22-15(10-21)11-23-12-16(22)13-4-2-1-3-5-13/h1-5,8-9,15-16H,6-7,10-12H2/t15-,16-/m1/s1. The van der Waals surface area contributed by atoms with E-state index in [0.29, 0.717) is 24.6 Å². The average molecular weight is 314 g/mol. The topological polar surface area (TPSA) is 41.5 Å². The van der Waals surface area contributed by atoms with Crippen molar-refractivity contribution in [3.63, 3.8) is 0 Å². The van der Waals surface area contributed by atoms with Gasteiger partial charge in [0.1, 0.15) is 0 Å². The summed E-state index contributed by atoms with van der Waals surface area (Å²) in [7, 11) is 0. The Kier molecular flexibility index (Phi) is 3.93. The molecule has 5 nitrogen and oxygen atoms in total. The van der Waals surface area contributed by atoms with Crippen LogP contribution in [0.5, 0.6) is 0 Å². The van der Waals surface area contributed by atoms with Gasteiger partial charge in [0.05, 0.1) is 37.7 Å². The quantitative estimate of drug-likeness (QED) is 0.846. The van der Waals surface area contributed by atoms with E-state index in [1.807, 2.05) is 6.07 Å². The number of rotatable bonds is 2. The van der Waals surface area contributed by atoms with Crippen molar-refractivity contribution in [3.8, 4) is 0 Å². The molecule has 0 bridgehead atoms. The molecule has 0 aliphatic carbocycles. The van der Waals surface area contributed by atoms with Crippen LogP contribution in [0, 0.1) is 5.82 Å². The molecule has 2 fully saturated rings. The minimum absolute atomic E-state index is 0.297. The van der Waals surface area contributed by atoms with E-state index < -0.39 is 5.82 Å². The fraction of sp³-hybridized carbons (Fsp3) is 0.412. The van der Waals surface area contributed by atoms with Crippen LogP contribution in [-0.2, 0) is 4.74 Å². The van der Waals surface area contributed by atoms with Crippen LogP contribution in [-0.4, -0.2) is 53.8 Å². The second kappa shape index (κ2) is 6.22. The highest BCUT2D eigenvalue weighted by Crippen LogP contribution is 2.30. The lowest BCUT2D eigenvalue weighted by Crippen LogP contribution is -2.59. The SMILES string of the molecule is Fc1cnc(N2CCN3[C@@H](COC[C@@H]3c3ccccc3)C2)nc1. The summed E-state index contributed by atoms with van der Waals surface area (Å²) in [6.45, 7) is 4.00. The maximum Gasteiger partial charge on any atom is 0.225 e. The molecule has 0 spiro atoms. The number of fused-ring (bicyclic) bond motifs is 1. The first kappa shape index (κ1) is 14.5. The van der Waals surface area contributed by atoms with Crippen LogP contribution >= 0.6 is 0 Å². The van der Waals surface area contributed by atoms with Gasteiger partial charge in [-0.1, -0.05) is 30.3 Å². The van der Waals surface area contributed by atoms with E-state index in [1.165, 1.54) is 18.0 Å². The molecule has 0 N–H and O–H groups in total. The molecule has 6 heteroatoms. The summed E-state index contributed by atoms with van der Waals surface area (Å²) in [4.78, 5) is 12.8. The summed E-state index contributed by atoms with van der Waals surface area (Å²) in [5, 5.41) is 0. The van der Waals surface area contributed by atoms with Crippen molar-refractivity contribution in [3.05, 3.63) is 54.1 Å². The van der Waals surface area contributed by atoms with Crippen molar-refractivity contribution in [1.82, 2.24) is 14.9 Å².